The second-order valence-electron chi connectivity index (χ2n) is 5.12. The Morgan fingerprint density at radius 2 is 1.68 bits per heavy atom. The van der Waals surface area contributed by atoms with Gasteiger partial charge in [-0.05, 0) is 31.0 Å². The Morgan fingerprint density at radius 1 is 1.14 bits per heavy atom. The van der Waals surface area contributed by atoms with Crippen LogP contribution < -0.4 is 5.73 Å². The summed E-state index contributed by atoms with van der Waals surface area (Å²) in [6.45, 7) is 2.27. The lowest BCUT2D eigenvalue weighted by atomic mass is 10.1. The number of piperidine rings is 1. The van der Waals surface area contributed by atoms with Crippen molar-refractivity contribution in [2.75, 3.05) is 18.8 Å². The number of nitrogens with two attached hydrogens (primary N) is 1. The number of sulfone groups is 1. The molecule has 1 heterocycles. The largest absolute Gasteiger partial charge is 0.328 e. The molecule has 0 amide bonds. The number of rotatable bonds is 4. The van der Waals surface area contributed by atoms with Crippen LogP contribution in [0.25, 0.3) is 0 Å². The average molecular weight is 369 g/mol. The van der Waals surface area contributed by atoms with E-state index in [1.54, 1.807) is 0 Å². The maximum absolute atomic E-state index is 12.6. The van der Waals surface area contributed by atoms with Gasteiger partial charge in [-0.1, -0.05) is 13.0 Å². The third-order valence-electron chi connectivity index (χ3n) is 3.68. The van der Waals surface area contributed by atoms with E-state index >= 15 is 0 Å². The van der Waals surface area contributed by atoms with Crippen LogP contribution in [-0.4, -0.2) is 46.0 Å². The molecule has 0 spiro atoms. The van der Waals surface area contributed by atoms with Crippen LogP contribution in [0.1, 0.15) is 19.8 Å². The lowest BCUT2D eigenvalue weighted by Crippen LogP contribution is -2.42. The summed E-state index contributed by atoms with van der Waals surface area (Å²) in [5.74, 6) is -0.0604. The van der Waals surface area contributed by atoms with Gasteiger partial charge in [-0.3, -0.25) is 0 Å². The normalized spacial score (nSPS) is 17.9. The van der Waals surface area contributed by atoms with E-state index in [4.69, 9.17) is 5.73 Å². The highest BCUT2D eigenvalue weighted by Gasteiger charge is 2.29. The first kappa shape index (κ1) is 19.4. The van der Waals surface area contributed by atoms with Gasteiger partial charge in [0.05, 0.1) is 15.5 Å². The highest BCUT2D eigenvalue weighted by atomic mass is 35.5. The van der Waals surface area contributed by atoms with Crippen LogP contribution in [0.2, 0.25) is 0 Å². The Kier molecular flexibility index (Phi) is 6.40. The van der Waals surface area contributed by atoms with Crippen molar-refractivity contribution in [3.8, 4) is 0 Å². The van der Waals surface area contributed by atoms with Crippen LogP contribution in [0.5, 0.6) is 0 Å². The monoisotopic (exact) mass is 368 g/mol. The topological polar surface area (TPSA) is 97.5 Å². The standard InChI is InChI=1S/C13H20N2O4S2.ClH/c1-2-20(16,17)12-4-3-5-13(10-12)21(18,19)15-8-6-11(14)7-9-15;/h3-5,10-11H,2,6-9,14H2,1H3;1H. The van der Waals surface area contributed by atoms with Crippen LogP contribution in [0.3, 0.4) is 0 Å². The molecule has 1 fully saturated rings. The predicted octanol–water partition coefficient (Wildman–Crippen LogP) is 1.01. The summed E-state index contributed by atoms with van der Waals surface area (Å²) in [5, 5.41) is 0. The van der Waals surface area contributed by atoms with Crippen molar-refractivity contribution in [2.24, 2.45) is 5.73 Å². The molecule has 6 nitrogen and oxygen atoms in total. The molecule has 1 aromatic rings. The summed E-state index contributed by atoms with van der Waals surface area (Å²) < 4.78 is 50.2. The molecule has 1 aliphatic heterocycles. The Balaban J connectivity index is 0.00000242. The maximum atomic E-state index is 12.6. The molecule has 0 atom stereocenters. The molecule has 2 rings (SSSR count). The van der Waals surface area contributed by atoms with Gasteiger partial charge < -0.3 is 5.73 Å². The fourth-order valence-corrected chi connectivity index (χ4v) is 4.78. The van der Waals surface area contributed by atoms with Crippen molar-refractivity contribution in [3.05, 3.63) is 24.3 Å². The minimum atomic E-state index is -3.66. The van der Waals surface area contributed by atoms with Gasteiger partial charge >= 0.3 is 0 Å². The van der Waals surface area contributed by atoms with Crippen LogP contribution in [0.15, 0.2) is 34.1 Å². The average Bonchev–Trinajstić information content (AvgIpc) is 2.48. The van der Waals surface area contributed by atoms with Gasteiger partial charge in [0.1, 0.15) is 0 Å². The minimum absolute atomic E-state index is 0. The van der Waals surface area contributed by atoms with Crippen LogP contribution in [0.4, 0.5) is 0 Å². The van der Waals surface area contributed by atoms with Gasteiger partial charge in [-0.15, -0.1) is 12.4 Å². The Labute approximate surface area is 138 Å². The van der Waals surface area contributed by atoms with E-state index in [9.17, 15) is 16.8 Å². The smallest absolute Gasteiger partial charge is 0.243 e. The van der Waals surface area contributed by atoms with E-state index in [0.717, 1.165) is 0 Å². The van der Waals surface area contributed by atoms with E-state index in [0.29, 0.717) is 25.9 Å². The summed E-state index contributed by atoms with van der Waals surface area (Å²) in [7, 11) is -7.09. The molecule has 0 aromatic heterocycles. The van der Waals surface area contributed by atoms with Crippen molar-refractivity contribution >= 4 is 32.3 Å². The molecule has 9 heteroatoms. The van der Waals surface area contributed by atoms with E-state index in [1.807, 2.05) is 0 Å². The van der Waals surface area contributed by atoms with Gasteiger partial charge in [0.15, 0.2) is 9.84 Å². The summed E-state index contributed by atoms with van der Waals surface area (Å²) >= 11 is 0. The summed E-state index contributed by atoms with van der Waals surface area (Å²) in [6.07, 6.45) is 1.23. The number of halogens is 1. The van der Waals surface area contributed by atoms with Crippen LogP contribution >= 0.6 is 12.4 Å². The molecule has 22 heavy (non-hydrogen) atoms. The highest BCUT2D eigenvalue weighted by molar-refractivity contribution is 7.91. The van der Waals surface area contributed by atoms with E-state index < -0.39 is 19.9 Å². The second kappa shape index (κ2) is 7.27. The number of nitrogens with zero attached hydrogens (tertiary/aromatic N) is 1. The molecular weight excluding hydrogens is 348 g/mol. The van der Waals surface area contributed by atoms with Crippen LogP contribution in [-0.2, 0) is 19.9 Å². The first-order valence-corrected chi connectivity index (χ1v) is 9.95. The van der Waals surface area contributed by atoms with E-state index in [2.05, 4.69) is 0 Å². The van der Waals surface area contributed by atoms with Crippen molar-refractivity contribution in [1.82, 2.24) is 4.31 Å². The molecule has 126 valence electrons. The fourth-order valence-electron chi connectivity index (χ4n) is 2.26. The number of benzene rings is 1. The van der Waals surface area contributed by atoms with Crippen molar-refractivity contribution in [1.29, 1.82) is 0 Å². The molecule has 1 aliphatic rings. The predicted molar refractivity (Wildman–Crippen MR) is 87.4 cm³/mol. The van der Waals surface area contributed by atoms with Gasteiger partial charge in [0.2, 0.25) is 10.0 Å². The maximum Gasteiger partial charge on any atom is 0.243 e. The molecule has 1 aromatic carbocycles. The Bertz CT molecular complexity index is 711. The molecule has 0 unspecified atom stereocenters. The first-order chi connectivity index (χ1) is 9.77. The molecule has 0 aliphatic carbocycles. The Hall–Kier alpha value is -0.670. The third-order valence-corrected chi connectivity index (χ3v) is 7.31. The fraction of sp³-hybridized carbons (Fsp3) is 0.538. The summed E-state index contributed by atoms with van der Waals surface area (Å²) in [5.41, 5.74) is 5.78. The lowest BCUT2D eigenvalue weighted by Gasteiger charge is -2.29. The zero-order valence-electron chi connectivity index (χ0n) is 12.3. The zero-order chi connectivity index (χ0) is 15.7. The SMILES string of the molecule is CCS(=O)(=O)c1cccc(S(=O)(=O)N2CCC(N)CC2)c1.Cl. The molecular formula is C13H21ClN2O4S2. The molecule has 1 saturated heterocycles. The minimum Gasteiger partial charge on any atom is -0.328 e. The molecule has 0 bridgehead atoms. The summed E-state index contributed by atoms with van der Waals surface area (Å²) in [4.78, 5) is 0.0623. The number of hydrogen-bond acceptors (Lipinski definition) is 5. The van der Waals surface area contributed by atoms with Gasteiger partial charge in [0.25, 0.3) is 0 Å². The lowest BCUT2D eigenvalue weighted by molar-refractivity contribution is 0.320. The molecule has 0 radical (unpaired) electrons. The second-order valence-corrected chi connectivity index (χ2v) is 9.34. The van der Waals surface area contributed by atoms with Crippen molar-refractivity contribution in [2.45, 2.75) is 35.6 Å². The van der Waals surface area contributed by atoms with Gasteiger partial charge in [-0.2, -0.15) is 4.31 Å². The summed E-state index contributed by atoms with van der Waals surface area (Å²) in [6, 6.07) is 5.58. The van der Waals surface area contributed by atoms with Gasteiger partial charge in [-0.25, -0.2) is 16.8 Å². The Morgan fingerprint density at radius 3 is 2.23 bits per heavy atom. The molecule has 0 saturated carbocycles. The first-order valence-electron chi connectivity index (χ1n) is 6.86. The number of sulfonamides is 1. The van der Waals surface area contributed by atoms with E-state index in [1.165, 1.54) is 35.5 Å². The van der Waals surface area contributed by atoms with Crippen molar-refractivity contribution < 1.29 is 16.8 Å². The molecule has 2 N–H and O–H groups in total. The van der Waals surface area contributed by atoms with E-state index in [-0.39, 0.29) is 34.0 Å². The zero-order valence-corrected chi connectivity index (χ0v) is 14.8. The highest BCUT2D eigenvalue weighted by Crippen LogP contribution is 2.23. The van der Waals surface area contributed by atoms with Crippen LogP contribution in [0, 0.1) is 0 Å². The van der Waals surface area contributed by atoms with Gasteiger partial charge in [0, 0.05) is 19.1 Å². The number of hydrogen-bond donors (Lipinski definition) is 1. The quantitative estimate of drug-likeness (QED) is 0.855. The van der Waals surface area contributed by atoms with Crippen molar-refractivity contribution in [3.63, 3.8) is 0 Å². The third kappa shape index (κ3) is 3.99.